The third-order valence-electron chi connectivity index (χ3n) is 5.99. The molecule has 0 heterocycles. The first-order valence-electron chi connectivity index (χ1n) is 11.7. The number of carbonyl (C=O) groups is 2. The normalized spacial score (nSPS) is 11.8. The first kappa shape index (κ1) is 28.8. The molecule has 0 unspecified atom stereocenters. The van der Waals surface area contributed by atoms with E-state index in [4.69, 9.17) is 21.1 Å². The molecule has 0 aromatic heterocycles. The quantitative estimate of drug-likeness (QED) is 0.384. The standard InChI is InChI=1S/C27H30ClN3O6S/c1-19(27(33)29-2)30(17-20-9-5-6-10-23(20)28)26(32)18-31(24-11-7-8-12-25(24)37-4)38(34,35)22-15-13-21(36-3)14-16-22/h5-16,19H,17-18H2,1-4H3,(H,29,33)/t19-/m1/s1. The zero-order valence-electron chi connectivity index (χ0n) is 21.5. The molecule has 9 nitrogen and oxygen atoms in total. The van der Waals surface area contributed by atoms with E-state index in [0.717, 1.165) is 4.31 Å². The third-order valence-corrected chi connectivity index (χ3v) is 8.14. The predicted molar refractivity (Wildman–Crippen MR) is 146 cm³/mol. The molecule has 1 N–H and O–H groups in total. The van der Waals surface area contributed by atoms with Gasteiger partial charge in [-0.15, -0.1) is 0 Å². The lowest BCUT2D eigenvalue weighted by molar-refractivity contribution is -0.139. The highest BCUT2D eigenvalue weighted by molar-refractivity contribution is 7.92. The molecule has 3 aromatic carbocycles. The second kappa shape index (κ2) is 12.7. The Bertz CT molecular complexity index is 1380. The predicted octanol–water partition coefficient (Wildman–Crippen LogP) is 3.72. The van der Waals surface area contributed by atoms with Gasteiger partial charge in [-0.1, -0.05) is 41.9 Å². The molecule has 0 saturated heterocycles. The van der Waals surface area contributed by atoms with Gasteiger partial charge in [-0.05, 0) is 55.0 Å². The van der Waals surface area contributed by atoms with Gasteiger partial charge >= 0.3 is 0 Å². The number of nitrogens with zero attached hydrogens (tertiary/aromatic N) is 2. The molecular weight excluding hydrogens is 530 g/mol. The Morgan fingerprint density at radius 3 is 2.18 bits per heavy atom. The van der Waals surface area contributed by atoms with Crippen LogP contribution >= 0.6 is 11.6 Å². The van der Waals surface area contributed by atoms with Crippen LogP contribution in [0.2, 0.25) is 5.02 Å². The van der Waals surface area contributed by atoms with Crippen LogP contribution < -0.4 is 19.1 Å². The number of para-hydroxylation sites is 2. The highest BCUT2D eigenvalue weighted by Gasteiger charge is 2.33. The van der Waals surface area contributed by atoms with Gasteiger partial charge in [-0.25, -0.2) is 8.42 Å². The van der Waals surface area contributed by atoms with Crippen LogP contribution in [0.3, 0.4) is 0 Å². The van der Waals surface area contributed by atoms with Crippen LogP contribution in [-0.2, 0) is 26.2 Å². The van der Waals surface area contributed by atoms with Gasteiger partial charge in [-0.3, -0.25) is 13.9 Å². The molecule has 0 radical (unpaired) electrons. The average Bonchev–Trinajstić information content (AvgIpc) is 2.94. The number of methoxy groups -OCH3 is 2. The third kappa shape index (κ3) is 6.38. The summed E-state index contributed by atoms with van der Waals surface area (Å²) in [4.78, 5) is 27.6. The Hall–Kier alpha value is -3.76. The van der Waals surface area contributed by atoms with Crippen molar-refractivity contribution in [2.45, 2.75) is 24.4 Å². The molecule has 1 atom stereocenters. The summed E-state index contributed by atoms with van der Waals surface area (Å²) < 4.78 is 39.3. The van der Waals surface area contributed by atoms with E-state index in [2.05, 4.69) is 5.32 Å². The summed E-state index contributed by atoms with van der Waals surface area (Å²) in [6, 6.07) is 18.4. The Labute approximate surface area is 228 Å². The van der Waals surface area contributed by atoms with Gasteiger partial charge in [0.1, 0.15) is 24.1 Å². The fraction of sp³-hybridized carbons (Fsp3) is 0.259. The largest absolute Gasteiger partial charge is 0.497 e. The van der Waals surface area contributed by atoms with E-state index in [1.54, 1.807) is 55.5 Å². The van der Waals surface area contributed by atoms with E-state index < -0.39 is 34.4 Å². The second-order valence-corrected chi connectivity index (χ2v) is 10.5. The van der Waals surface area contributed by atoms with Gasteiger partial charge in [0.25, 0.3) is 10.0 Å². The summed E-state index contributed by atoms with van der Waals surface area (Å²) in [6.07, 6.45) is 0. The smallest absolute Gasteiger partial charge is 0.264 e. The lowest BCUT2D eigenvalue weighted by Crippen LogP contribution is -2.50. The maximum atomic E-state index is 13.9. The van der Waals surface area contributed by atoms with Crippen molar-refractivity contribution in [2.75, 3.05) is 32.1 Å². The molecule has 11 heteroatoms. The number of nitrogens with one attached hydrogen (secondary N) is 1. The zero-order chi connectivity index (χ0) is 27.9. The van der Waals surface area contributed by atoms with E-state index in [0.29, 0.717) is 16.3 Å². The molecule has 202 valence electrons. The molecule has 3 aromatic rings. The lowest BCUT2D eigenvalue weighted by atomic mass is 10.1. The molecule has 0 aliphatic rings. The Morgan fingerprint density at radius 2 is 1.58 bits per heavy atom. The van der Waals surface area contributed by atoms with Gasteiger partial charge in [0, 0.05) is 18.6 Å². The van der Waals surface area contributed by atoms with Crippen molar-refractivity contribution in [3.8, 4) is 11.5 Å². The maximum absolute atomic E-state index is 13.9. The van der Waals surface area contributed by atoms with Crippen LogP contribution in [0, 0.1) is 0 Å². The molecule has 0 aliphatic carbocycles. The van der Waals surface area contributed by atoms with Crippen LogP contribution in [0.4, 0.5) is 5.69 Å². The molecule has 0 fully saturated rings. The van der Waals surface area contributed by atoms with Crippen molar-refractivity contribution in [1.82, 2.24) is 10.2 Å². The van der Waals surface area contributed by atoms with Gasteiger partial charge in [0.05, 0.1) is 24.8 Å². The number of anilines is 1. The van der Waals surface area contributed by atoms with Crippen molar-refractivity contribution in [3.05, 3.63) is 83.4 Å². The molecule has 38 heavy (non-hydrogen) atoms. The monoisotopic (exact) mass is 559 g/mol. The average molecular weight is 560 g/mol. The van der Waals surface area contributed by atoms with E-state index in [1.807, 2.05) is 0 Å². The number of ether oxygens (including phenoxy) is 2. The zero-order valence-corrected chi connectivity index (χ0v) is 23.1. The van der Waals surface area contributed by atoms with E-state index >= 15 is 0 Å². The molecule has 0 aliphatic heterocycles. The maximum Gasteiger partial charge on any atom is 0.264 e. The first-order valence-corrected chi connectivity index (χ1v) is 13.5. The van der Waals surface area contributed by atoms with Crippen molar-refractivity contribution >= 4 is 39.1 Å². The van der Waals surface area contributed by atoms with Gasteiger partial charge in [0.2, 0.25) is 11.8 Å². The fourth-order valence-electron chi connectivity index (χ4n) is 3.83. The number of benzene rings is 3. The molecule has 0 bridgehead atoms. The second-order valence-electron chi connectivity index (χ2n) is 8.26. The summed E-state index contributed by atoms with van der Waals surface area (Å²) >= 11 is 6.34. The van der Waals surface area contributed by atoms with Gasteiger partial charge < -0.3 is 19.7 Å². The van der Waals surface area contributed by atoms with Gasteiger partial charge in [-0.2, -0.15) is 0 Å². The van der Waals surface area contributed by atoms with Crippen molar-refractivity contribution in [1.29, 1.82) is 0 Å². The van der Waals surface area contributed by atoms with Crippen LogP contribution in [0.5, 0.6) is 11.5 Å². The minimum absolute atomic E-state index is 0.00452. The SMILES string of the molecule is CNC(=O)[C@@H](C)N(Cc1ccccc1Cl)C(=O)CN(c1ccccc1OC)S(=O)(=O)c1ccc(OC)cc1. The number of rotatable bonds is 11. The number of hydrogen-bond acceptors (Lipinski definition) is 6. The van der Waals surface area contributed by atoms with Crippen LogP contribution in [0.25, 0.3) is 0 Å². The van der Waals surface area contributed by atoms with E-state index in [1.165, 1.54) is 50.4 Å². The molecule has 0 saturated carbocycles. The number of carbonyl (C=O) groups excluding carboxylic acids is 2. The van der Waals surface area contributed by atoms with Crippen molar-refractivity contribution in [3.63, 3.8) is 0 Å². The lowest BCUT2D eigenvalue weighted by Gasteiger charge is -2.32. The van der Waals surface area contributed by atoms with E-state index in [9.17, 15) is 18.0 Å². The summed E-state index contributed by atoms with van der Waals surface area (Å²) in [7, 11) is 0.105. The summed E-state index contributed by atoms with van der Waals surface area (Å²) in [5.41, 5.74) is 0.782. The fourth-order valence-corrected chi connectivity index (χ4v) is 5.45. The molecule has 2 amide bonds. The number of hydrogen-bond donors (Lipinski definition) is 1. The Morgan fingerprint density at radius 1 is 0.947 bits per heavy atom. The Balaban J connectivity index is 2.08. The van der Waals surface area contributed by atoms with Gasteiger partial charge in [0.15, 0.2) is 0 Å². The highest BCUT2D eigenvalue weighted by atomic mass is 35.5. The van der Waals surface area contributed by atoms with Crippen molar-refractivity contribution < 1.29 is 27.5 Å². The topological polar surface area (TPSA) is 105 Å². The summed E-state index contributed by atoms with van der Waals surface area (Å²) in [5, 5.41) is 2.96. The molecular formula is C27H30ClN3O6S. The van der Waals surface area contributed by atoms with Crippen molar-refractivity contribution in [2.24, 2.45) is 0 Å². The molecule has 3 rings (SSSR count). The highest BCUT2D eigenvalue weighted by Crippen LogP contribution is 2.33. The summed E-state index contributed by atoms with van der Waals surface area (Å²) in [5.74, 6) is -0.278. The Kier molecular flexibility index (Phi) is 9.60. The van der Waals surface area contributed by atoms with Crippen LogP contribution in [0.15, 0.2) is 77.7 Å². The first-order chi connectivity index (χ1) is 18.1. The number of likely N-dealkylation sites (N-methyl/N-ethyl adjacent to an activating group) is 1. The minimum atomic E-state index is -4.25. The number of amides is 2. The molecule has 0 spiro atoms. The van der Waals surface area contributed by atoms with Crippen LogP contribution in [-0.4, -0.2) is 59.0 Å². The summed E-state index contributed by atoms with van der Waals surface area (Å²) in [6.45, 7) is 0.967. The van der Waals surface area contributed by atoms with Crippen LogP contribution in [0.1, 0.15) is 12.5 Å². The number of sulfonamides is 1. The van der Waals surface area contributed by atoms with E-state index in [-0.39, 0.29) is 22.9 Å². The minimum Gasteiger partial charge on any atom is -0.497 e. The number of halogens is 1.